The first kappa shape index (κ1) is 15.8. The molecule has 5 heteroatoms. The smallest absolute Gasteiger partial charge is 0.223 e. The number of carbonyl (C=O) groups excluding carboxylic acids is 1. The molecule has 0 fully saturated rings. The van der Waals surface area contributed by atoms with E-state index in [2.05, 4.69) is 46.7 Å². The molecule has 1 aliphatic heterocycles. The summed E-state index contributed by atoms with van der Waals surface area (Å²) in [6.07, 6.45) is 4.41. The standard InChI is InChI=1S/C18H26N4O/c1-5-16-17-7-6-10-21(17)11-12-22(16)18(23)9-8-15-13(2)19-20(4)14(15)3/h6-7,10,16H,5,8-9,11-12H2,1-4H3/t16-/m0/s1. The van der Waals surface area contributed by atoms with Crippen molar-refractivity contribution in [2.75, 3.05) is 6.54 Å². The van der Waals surface area contributed by atoms with Crippen LogP contribution in [0.1, 0.15) is 48.5 Å². The molecule has 0 N–H and O–H groups in total. The Morgan fingerprint density at radius 1 is 1.35 bits per heavy atom. The van der Waals surface area contributed by atoms with Gasteiger partial charge in [0, 0.05) is 44.1 Å². The van der Waals surface area contributed by atoms with Gasteiger partial charge in [-0.15, -0.1) is 0 Å². The van der Waals surface area contributed by atoms with Crippen LogP contribution < -0.4 is 0 Å². The van der Waals surface area contributed by atoms with Gasteiger partial charge in [-0.3, -0.25) is 9.48 Å². The maximum absolute atomic E-state index is 12.8. The average molecular weight is 314 g/mol. The molecule has 2 aromatic rings. The van der Waals surface area contributed by atoms with Crippen LogP contribution in [0.5, 0.6) is 0 Å². The van der Waals surface area contributed by atoms with E-state index in [0.29, 0.717) is 6.42 Å². The number of fused-ring (bicyclic) bond motifs is 1. The highest BCUT2D eigenvalue weighted by Crippen LogP contribution is 2.29. The van der Waals surface area contributed by atoms with Gasteiger partial charge in [-0.25, -0.2) is 0 Å². The van der Waals surface area contributed by atoms with Crippen molar-refractivity contribution in [3.05, 3.63) is 41.0 Å². The van der Waals surface area contributed by atoms with Gasteiger partial charge in [0.1, 0.15) is 0 Å². The molecule has 0 saturated heterocycles. The van der Waals surface area contributed by atoms with Crippen LogP contribution in [0, 0.1) is 13.8 Å². The third-order valence-electron chi connectivity index (χ3n) is 5.12. The van der Waals surface area contributed by atoms with Crippen LogP contribution in [0.15, 0.2) is 18.3 Å². The van der Waals surface area contributed by atoms with E-state index in [1.54, 1.807) is 0 Å². The highest BCUT2D eigenvalue weighted by molar-refractivity contribution is 5.77. The van der Waals surface area contributed by atoms with E-state index in [-0.39, 0.29) is 11.9 Å². The Hall–Kier alpha value is -2.04. The van der Waals surface area contributed by atoms with Crippen LogP contribution in [0.2, 0.25) is 0 Å². The molecule has 0 aliphatic carbocycles. The summed E-state index contributed by atoms with van der Waals surface area (Å²) in [5, 5.41) is 4.44. The Morgan fingerprint density at radius 3 is 2.78 bits per heavy atom. The molecule has 2 aromatic heterocycles. The summed E-state index contributed by atoms with van der Waals surface area (Å²) in [6, 6.07) is 4.43. The molecule has 0 bridgehead atoms. The van der Waals surface area contributed by atoms with Gasteiger partial charge in [-0.1, -0.05) is 6.92 Å². The van der Waals surface area contributed by atoms with Gasteiger partial charge in [-0.2, -0.15) is 5.10 Å². The fraction of sp³-hybridized carbons (Fsp3) is 0.556. The van der Waals surface area contributed by atoms with Crippen LogP contribution >= 0.6 is 0 Å². The number of rotatable bonds is 4. The SMILES string of the molecule is CC[C@H]1c2cccn2CCN1C(=O)CCc1c(C)nn(C)c1C. The molecule has 3 heterocycles. The van der Waals surface area contributed by atoms with Crippen molar-refractivity contribution >= 4 is 5.91 Å². The van der Waals surface area contributed by atoms with E-state index >= 15 is 0 Å². The van der Waals surface area contributed by atoms with E-state index < -0.39 is 0 Å². The molecular weight excluding hydrogens is 288 g/mol. The van der Waals surface area contributed by atoms with Crippen LogP contribution in [0.25, 0.3) is 0 Å². The number of aryl methyl sites for hydroxylation is 2. The molecule has 5 nitrogen and oxygen atoms in total. The van der Waals surface area contributed by atoms with Crippen molar-refractivity contribution in [2.45, 2.75) is 52.6 Å². The van der Waals surface area contributed by atoms with Crippen molar-refractivity contribution < 1.29 is 4.79 Å². The van der Waals surface area contributed by atoms with Gasteiger partial charge >= 0.3 is 0 Å². The van der Waals surface area contributed by atoms with E-state index in [1.165, 1.54) is 11.3 Å². The molecule has 1 amide bonds. The van der Waals surface area contributed by atoms with Gasteiger partial charge in [0.25, 0.3) is 0 Å². The van der Waals surface area contributed by atoms with Crippen molar-refractivity contribution in [2.24, 2.45) is 7.05 Å². The summed E-state index contributed by atoms with van der Waals surface area (Å²) in [4.78, 5) is 14.9. The lowest BCUT2D eigenvalue weighted by atomic mass is 10.0. The lowest BCUT2D eigenvalue weighted by Gasteiger charge is -2.36. The number of amides is 1. The summed E-state index contributed by atoms with van der Waals surface area (Å²) >= 11 is 0. The normalized spacial score (nSPS) is 17.4. The van der Waals surface area contributed by atoms with Crippen molar-refractivity contribution in [1.29, 1.82) is 0 Å². The van der Waals surface area contributed by atoms with Gasteiger partial charge in [-0.05, 0) is 44.4 Å². The van der Waals surface area contributed by atoms with E-state index in [4.69, 9.17) is 0 Å². The third kappa shape index (κ3) is 2.80. The summed E-state index contributed by atoms with van der Waals surface area (Å²) in [5.74, 6) is 0.256. The maximum atomic E-state index is 12.8. The highest BCUT2D eigenvalue weighted by atomic mass is 16.2. The van der Waals surface area contributed by atoms with E-state index in [9.17, 15) is 4.79 Å². The van der Waals surface area contributed by atoms with Crippen molar-refractivity contribution in [3.8, 4) is 0 Å². The fourth-order valence-corrected chi connectivity index (χ4v) is 3.75. The van der Waals surface area contributed by atoms with Crippen LogP contribution in [-0.2, 0) is 24.8 Å². The topological polar surface area (TPSA) is 43.1 Å². The minimum absolute atomic E-state index is 0.211. The third-order valence-corrected chi connectivity index (χ3v) is 5.12. The molecule has 124 valence electrons. The maximum Gasteiger partial charge on any atom is 0.223 e. The van der Waals surface area contributed by atoms with Crippen LogP contribution in [-0.4, -0.2) is 31.7 Å². The molecule has 0 aromatic carbocycles. The molecule has 23 heavy (non-hydrogen) atoms. The predicted molar refractivity (Wildman–Crippen MR) is 90.2 cm³/mol. The Labute approximate surface area is 137 Å². The molecule has 0 radical (unpaired) electrons. The molecule has 1 atom stereocenters. The Kier molecular flexibility index (Phi) is 4.28. The van der Waals surface area contributed by atoms with E-state index in [1.807, 2.05) is 18.7 Å². The highest BCUT2D eigenvalue weighted by Gasteiger charge is 2.29. The Morgan fingerprint density at radius 2 is 2.13 bits per heavy atom. The molecule has 0 saturated carbocycles. The zero-order valence-corrected chi connectivity index (χ0v) is 14.5. The second-order valence-electron chi connectivity index (χ2n) is 6.41. The lowest BCUT2D eigenvalue weighted by Crippen LogP contribution is -2.41. The van der Waals surface area contributed by atoms with Gasteiger partial charge in [0.2, 0.25) is 5.91 Å². The second kappa shape index (κ2) is 6.22. The Bertz CT molecular complexity index is 713. The minimum atomic E-state index is 0.211. The molecule has 0 unspecified atom stereocenters. The molecular formula is C18H26N4O. The number of nitrogens with zero attached hydrogens (tertiary/aromatic N) is 4. The largest absolute Gasteiger partial charge is 0.348 e. The summed E-state index contributed by atoms with van der Waals surface area (Å²) in [6.45, 7) is 7.96. The fourth-order valence-electron chi connectivity index (χ4n) is 3.75. The summed E-state index contributed by atoms with van der Waals surface area (Å²) in [7, 11) is 1.96. The van der Waals surface area contributed by atoms with Crippen molar-refractivity contribution in [3.63, 3.8) is 0 Å². The molecule has 3 rings (SSSR count). The first-order valence-corrected chi connectivity index (χ1v) is 8.46. The van der Waals surface area contributed by atoms with Gasteiger partial charge < -0.3 is 9.47 Å². The number of carbonyl (C=O) groups is 1. The number of aromatic nitrogens is 3. The van der Waals surface area contributed by atoms with Crippen LogP contribution in [0.4, 0.5) is 0 Å². The van der Waals surface area contributed by atoms with Gasteiger partial charge in [0.15, 0.2) is 0 Å². The van der Waals surface area contributed by atoms with E-state index in [0.717, 1.165) is 37.3 Å². The monoisotopic (exact) mass is 314 g/mol. The number of hydrogen-bond donors (Lipinski definition) is 0. The quantitative estimate of drug-likeness (QED) is 0.871. The average Bonchev–Trinajstić information content (AvgIpc) is 3.10. The molecule has 0 spiro atoms. The summed E-state index contributed by atoms with van der Waals surface area (Å²) in [5.41, 5.74) is 4.68. The minimum Gasteiger partial charge on any atom is -0.348 e. The number of hydrogen-bond acceptors (Lipinski definition) is 2. The predicted octanol–water partition coefficient (Wildman–Crippen LogP) is 2.76. The van der Waals surface area contributed by atoms with Gasteiger partial charge in [0.05, 0.1) is 11.7 Å². The first-order chi connectivity index (χ1) is 11.0. The summed E-state index contributed by atoms with van der Waals surface area (Å²) < 4.78 is 4.17. The lowest BCUT2D eigenvalue weighted by molar-refractivity contribution is -0.134. The zero-order chi connectivity index (χ0) is 16.6. The van der Waals surface area contributed by atoms with Crippen LogP contribution in [0.3, 0.4) is 0 Å². The Balaban J connectivity index is 1.71. The van der Waals surface area contributed by atoms with Crippen molar-refractivity contribution in [1.82, 2.24) is 19.2 Å². The first-order valence-electron chi connectivity index (χ1n) is 8.46. The second-order valence-corrected chi connectivity index (χ2v) is 6.41. The zero-order valence-electron chi connectivity index (χ0n) is 14.5. The molecule has 1 aliphatic rings.